The Balaban J connectivity index is 1.92. The van der Waals surface area contributed by atoms with Gasteiger partial charge in [-0.05, 0) is 38.4 Å². The normalized spacial score (nSPS) is 17.6. The molecule has 0 aliphatic carbocycles. The van der Waals surface area contributed by atoms with E-state index in [2.05, 4.69) is 37.9 Å². The molecule has 1 atom stereocenters. The topological polar surface area (TPSA) is 52.7 Å². The second kappa shape index (κ2) is 8.99. The molecule has 0 radical (unpaired) electrons. The number of carbonyl (C=O) groups is 2. The number of anilines is 1. The zero-order chi connectivity index (χ0) is 18.4. The number of aryl methyl sites for hydroxylation is 1. The lowest BCUT2D eigenvalue weighted by atomic mass is 10.1. The minimum atomic E-state index is -0.258. The van der Waals surface area contributed by atoms with E-state index in [1.165, 1.54) is 0 Å². The number of nitrogens with zero attached hydrogens (tertiary/aromatic N) is 2. The second-order valence-electron chi connectivity index (χ2n) is 6.90. The second-order valence-corrected chi connectivity index (χ2v) is 6.90. The molecule has 138 valence electrons. The molecule has 1 unspecified atom stereocenters. The minimum Gasteiger partial charge on any atom is -0.355 e. The molecule has 2 amide bonds. The Bertz CT molecular complexity index is 600. The summed E-state index contributed by atoms with van der Waals surface area (Å²) < 4.78 is 0. The maximum absolute atomic E-state index is 12.5. The van der Waals surface area contributed by atoms with Gasteiger partial charge in [0.2, 0.25) is 11.8 Å². The third kappa shape index (κ3) is 4.82. The minimum absolute atomic E-state index is 0.00959. The molecule has 1 fully saturated rings. The first-order chi connectivity index (χ1) is 12.0. The molecular formula is C20H31N3O2. The van der Waals surface area contributed by atoms with Gasteiger partial charge >= 0.3 is 0 Å². The molecular weight excluding hydrogens is 314 g/mol. The fourth-order valence-corrected chi connectivity index (χ4v) is 3.44. The van der Waals surface area contributed by atoms with E-state index in [1.54, 1.807) is 4.90 Å². The molecule has 5 heteroatoms. The summed E-state index contributed by atoms with van der Waals surface area (Å²) in [6.45, 7) is 11.4. The van der Waals surface area contributed by atoms with Gasteiger partial charge in [-0.1, -0.05) is 32.0 Å². The third-order valence-corrected chi connectivity index (χ3v) is 4.99. The van der Waals surface area contributed by atoms with Crippen molar-refractivity contribution in [3.63, 3.8) is 0 Å². The molecule has 1 saturated heterocycles. The monoisotopic (exact) mass is 345 g/mol. The largest absolute Gasteiger partial charge is 0.355 e. The molecule has 1 aromatic rings. The number of hydrogen-bond donors (Lipinski definition) is 1. The van der Waals surface area contributed by atoms with Crippen LogP contribution in [0.15, 0.2) is 24.3 Å². The van der Waals surface area contributed by atoms with Crippen LogP contribution >= 0.6 is 0 Å². The number of para-hydroxylation sites is 1. The van der Waals surface area contributed by atoms with E-state index in [-0.39, 0.29) is 17.7 Å². The first kappa shape index (κ1) is 19.4. The fraction of sp³-hybridized carbons (Fsp3) is 0.600. The number of amides is 2. The van der Waals surface area contributed by atoms with Gasteiger partial charge in [-0.2, -0.15) is 0 Å². The highest BCUT2D eigenvalue weighted by atomic mass is 16.2. The van der Waals surface area contributed by atoms with Crippen molar-refractivity contribution in [2.75, 3.05) is 31.1 Å². The summed E-state index contributed by atoms with van der Waals surface area (Å²) >= 11 is 0. The Hall–Kier alpha value is -1.88. The van der Waals surface area contributed by atoms with Gasteiger partial charge in [-0.25, -0.2) is 0 Å². The smallest absolute Gasteiger partial charge is 0.227 e. The maximum Gasteiger partial charge on any atom is 0.227 e. The average Bonchev–Trinajstić information content (AvgIpc) is 2.99. The predicted octanol–water partition coefficient (Wildman–Crippen LogP) is 2.45. The van der Waals surface area contributed by atoms with Crippen LogP contribution in [0.3, 0.4) is 0 Å². The van der Waals surface area contributed by atoms with Crippen molar-refractivity contribution in [1.82, 2.24) is 10.2 Å². The number of hydrogen-bond acceptors (Lipinski definition) is 3. The summed E-state index contributed by atoms with van der Waals surface area (Å²) in [6.07, 6.45) is 1.17. The van der Waals surface area contributed by atoms with Crippen LogP contribution < -0.4 is 10.2 Å². The highest BCUT2D eigenvalue weighted by Crippen LogP contribution is 2.28. The van der Waals surface area contributed by atoms with Gasteiger partial charge in [-0.3, -0.25) is 14.5 Å². The first-order valence-electron chi connectivity index (χ1n) is 9.37. The summed E-state index contributed by atoms with van der Waals surface area (Å²) in [4.78, 5) is 28.9. The lowest BCUT2D eigenvalue weighted by molar-refractivity contribution is -0.126. The molecule has 2 rings (SSSR count). The average molecular weight is 345 g/mol. The Morgan fingerprint density at radius 1 is 1.32 bits per heavy atom. The molecule has 1 N–H and O–H groups in total. The zero-order valence-electron chi connectivity index (χ0n) is 15.9. The Labute approximate surface area is 151 Å². The standard InChI is InChI=1S/C20H31N3O2/c1-5-16-9-7-8-10-18(16)23-14-17(13-19(23)24)20(25)21-11-12-22(6-2)15(3)4/h7-10,15,17H,5-6,11-14H2,1-4H3,(H,21,25). The zero-order valence-corrected chi connectivity index (χ0v) is 15.9. The van der Waals surface area contributed by atoms with Crippen molar-refractivity contribution in [3.8, 4) is 0 Å². The van der Waals surface area contributed by atoms with Crippen LogP contribution in [-0.4, -0.2) is 48.9 Å². The Morgan fingerprint density at radius 2 is 2.04 bits per heavy atom. The van der Waals surface area contributed by atoms with Crippen LogP contribution in [0.5, 0.6) is 0 Å². The van der Waals surface area contributed by atoms with Crippen molar-refractivity contribution in [3.05, 3.63) is 29.8 Å². The van der Waals surface area contributed by atoms with Crippen molar-refractivity contribution in [1.29, 1.82) is 0 Å². The summed E-state index contributed by atoms with van der Waals surface area (Å²) in [5, 5.41) is 3.01. The summed E-state index contributed by atoms with van der Waals surface area (Å²) in [5.41, 5.74) is 2.09. The van der Waals surface area contributed by atoms with Gasteiger partial charge in [-0.15, -0.1) is 0 Å². The van der Waals surface area contributed by atoms with Crippen molar-refractivity contribution in [2.45, 2.75) is 46.6 Å². The van der Waals surface area contributed by atoms with Gasteiger partial charge in [0.25, 0.3) is 0 Å². The van der Waals surface area contributed by atoms with Crippen LogP contribution in [0.4, 0.5) is 5.69 Å². The Kier molecular flexibility index (Phi) is 7.00. The molecule has 1 aliphatic rings. The number of benzene rings is 1. The summed E-state index contributed by atoms with van der Waals surface area (Å²) in [6, 6.07) is 8.41. The molecule has 25 heavy (non-hydrogen) atoms. The van der Waals surface area contributed by atoms with Crippen LogP contribution in [0, 0.1) is 5.92 Å². The summed E-state index contributed by atoms with van der Waals surface area (Å²) in [5.74, 6) is -0.227. The van der Waals surface area contributed by atoms with Crippen molar-refractivity contribution < 1.29 is 9.59 Å². The molecule has 0 spiro atoms. The fourth-order valence-electron chi connectivity index (χ4n) is 3.44. The van der Waals surface area contributed by atoms with Gasteiger partial charge in [0.05, 0.1) is 5.92 Å². The number of likely N-dealkylation sites (N-methyl/N-ethyl adjacent to an activating group) is 1. The third-order valence-electron chi connectivity index (χ3n) is 4.99. The van der Waals surface area contributed by atoms with E-state index in [1.807, 2.05) is 24.3 Å². The highest BCUT2D eigenvalue weighted by Gasteiger charge is 2.35. The number of nitrogens with one attached hydrogen (secondary N) is 1. The van der Waals surface area contributed by atoms with E-state index in [0.717, 1.165) is 30.8 Å². The number of rotatable bonds is 8. The van der Waals surface area contributed by atoms with Crippen molar-refractivity contribution in [2.24, 2.45) is 5.92 Å². The van der Waals surface area contributed by atoms with Gasteiger partial charge < -0.3 is 10.2 Å². The van der Waals surface area contributed by atoms with Crippen molar-refractivity contribution >= 4 is 17.5 Å². The van der Waals surface area contributed by atoms with E-state index in [9.17, 15) is 9.59 Å². The van der Waals surface area contributed by atoms with Gasteiger partial charge in [0, 0.05) is 37.8 Å². The quantitative estimate of drug-likeness (QED) is 0.787. The lowest BCUT2D eigenvalue weighted by Crippen LogP contribution is -2.40. The molecule has 1 aliphatic heterocycles. The molecule has 5 nitrogen and oxygen atoms in total. The van der Waals surface area contributed by atoms with Crippen LogP contribution in [0.1, 0.15) is 39.7 Å². The predicted molar refractivity (Wildman–Crippen MR) is 102 cm³/mol. The number of carbonyl (C=O) groups excluding carboxylic acids is 2. The van der Waals surface area contributed by atoms with E-state index in [4.69, 9.17) is 0 Å². The van der Waals surface area contributed by atoms with E-state index < -0.39 is 0 Å². The molecule has 0 bridgehead atoms. The maximum atomic E-state index is 12.5. The molecule has 1 heterocycles. The van der Waals surface area contributed by atoms with Crippen LogP contribution in [0.25, 0.3) is 0 Å². The lowest BCUT2D eigenvalue weighted by Gasteiger charge is -2.25. The SMILES string of the molecule is CCc1ccccc1N1CC(C(=O)NCCN(CC)C(C)C)CC1=O. The molecule has 1 aromatic carbocycles. The van der Waals surface area contributed by atoms with Crippen LogP contribution in [-0.2, 0) is 16.0 Å². The highest BCUT2D eigenvalue weighted by molar-refractivity contribution is 6.00. The molecule has 0 saturated carbocycles. The van der Waals surface area contributed by atoms with E-state index in [0.29, 0.717) is 25.6 Å². The van der Waals surface area contributed by atoms with Crippen LogP contribution in [0.2, 0.25) is 0 Å². The van der Waals surface area contributed by atoms with E-state index >= 15 is 0 Å². The molecule has 0 aromatic heterocycles. The van der Waals surface area contributed by atoms with Gasteiger partial charge in [0.1, 0.15) is 0 Å². The summed E-state index contributed by atoms with van der Waals surface area (Å²) in [7, 11) is 0. The Morgan fingerprint density at radius 3 is 2.68 bits per heavy atom. The van der Waals surface area contributed by atoms with Gasteiger partial charge in [0.15, 0.2) is 0 Å². The first-order valence-corrected chi connectivity index (χ1v) is 9.37.